The summed E-state index contributed by atoms with van der Waals surface area (Å²) in [6.07, 6.45) is 4.82. The molecule has 0 unspecified atom stereocenters. The number of benzene rings is 2. The van der Waals surface area contributed by atoms with Crippen LogP contribution in [0.2, 0.25) is 0 Å². The Hall–Kier alpha value is -4.67. The standard InChI is InChI=1S/C24H18N4O7/c1-13(29)35-17-9-7-15(8-10-17)26-23(31)19-18-6-3-11-25-27(18)21(20(19)24(26)32)22(30)14-4-2-5-16(12-14)28(33)34/h2-12,18-21H,1H3/t18-,19-,20-,21+/m1/s1. The molecule has 0 saturated carbocycles. The predicted octanol–water partition coefficient (Wildman–Crippen LogP) is 2.12. The van der Waals surface area contributed by atoms with E-state index in [0.717, 1.165) is 11.0 Å². The molecule has 3 aliphatic heterocycles. The third kappa shape index (κ3) is 3.57. The number of carbonyl (C=O) groups excluding carboxylic acids is 4. The van der Waals surface area contributed by atoms with Crippen molar-refractivity contribution in [1.82, 2.24) is 5.01 Å². The van der Waals surface area contributed by atoms with E-state index in [1.165, 1.54) is 60.6 Å². The summed E-state index contributed by atoms with van der Waals surface area (Å²) in [5.74, 6) is -3.73. The van der Waals surface area contributed by atoms with Crippen LogP contribution in [0.1, 0.15) is 17.3 Å². The molecule has 3 aliphatic rings. The van der Waals surface area contributed by atoms with Gasteiger partial charge in [0.2, 0.25) is 11.8 Å². The average Bonchev–Trinajstić information content (AvgIpc) is 3.31. The highest BCUT2D eigenvalue weighted by Crippen LogP contribution is 2.46. The van der Waals surface area contributed by atoms with E-state index < -0.39 is 52.4 Å². The van der Waals surface area contributed by atoms with Crippen molar-refractivity contribution in [2.75, 3.05) is 4.90 Å². The number of carbonyl (C=O) groups is 4. The van der Waals surface area contributed by atoms with Gasteiger partial charge in [-0.15, -0.1) is 0 Å². The average molecular weight is 474 g/mol. The zero-order valence-corrected chi connectivity index (χ0v) is 18.3. The number of non-ortho nitro benzene ring substituents is 1. The maximum absolute atomic E-state index is 13.6. The molecular weight excluding hydrogens is 456 g/mol. The van der Waals surface area contributed by atoms with E-state index >= 15 is 0 Å². The van der Waals surface area contributed by atoms with E-state index in [1.54, 1.807) is 12.2 Å². The van der Waals surface area contributed by atoms with Gasteiger partial charge < -0.3 is 4.74 Å². The largest absolute Gasteiger partial charge is 0.427 e. The Morgan fingerprint density at radius 2 is 1.77 bits per heavy atom. The van der Waals surface area contributed by atoms with Crippen molar-refractivity contribution in [3.05, 3.63) is 76.4 Å². The maximum atomic E-state index is 13.6. The van der Waals surface area contributed by atoms with Crippen LogP contribution in [0.15, 0.2) is 65.8 Å². The van der Waals surface area contributed by atoms with E-state index in [-0.39, 0.29) is 22.7 Å². The summed E-state index contributed by atoms with van der Waals surface area (Å²) in [7, 11) is 0. The van der Waals surface area contributed by atoms with Gasteiger partial charge in [0.05, 0.1) is 28.5 Å². The molecule has 5 rings (SSSR count). The number of Topliss-reactive ketones (excluding diaryl/α,β-unsaturated/α-hetero) is 1. The second kappa shape index (κ2) is 8.28. The molecule has 2 saturated heterocycles. The fraction of sp³-hybridized carbons (Fsp3) is 0.208. The van der Waals surface area contributed by atoms with Crippen LogP contribution in [-0.2, 0) is 14.4 Å². The van der Waals surface area contributed by atoms with Crippen LogP contribution in [0.5, 0.6) is 5.75 Å². The summed E-state index contributed by atoms with van der Waals surface area (Å²) in [6, 6.07) is 9.42. The highest BCUT2D eigenvalue weighted by molar-refractivity contribution is 6.24. The van der Waals surface area contributed by atoms with Gasteiger partial charge in [-0.1, -0.05) is 18.2 Å². The number of imide groups is 1. The number of hydrogen-bond donors (Lipinski definition) is 0. The first-order valence-electron chi connectivity index (χ1n) is 10.7. The van der Waals surface area contributed by atoms with Crippen molar-refractivity contribution in [2.45, 2.75) is 19.0 Å². The van der Waals surface area contributed by atoms with E-state index in [9.17, 15) is 29.3 Å². The summed E-state index contributed by atoms with van der Waals surface area (Å²) < 4.78 is 5.00. The molecule has 0 aliphatic carbocycles. The maximum Gasteiger partial charge on any atom is 0.308 e. The quantitative estimate of drug-likeness (QED) is 0.160. The number of nitro groups is 1. The number of nitrogens with zero attached hydrogens (tertiary/aromatic N) is 4. The molecular formula is C24H18N4O7. The van der Waals surface area contributed by atoms with Crippen LogP contribution in [0, 0.1) is 22.0 Å². The Labute approximate surface area is 198 Å². The molecule has 4 atom stereocenters. The Kier molecular flexibility index (Phi) is 5.24. The summed E-state index contributed by atoms with van der Waals surface area (Å²) in [4.78, 5) is 63.4. The monoisotopic (exact) mass is 474 g/mol. The number of allylic oxidation sites excluding steroid dienone is 1. The fourth-order valence-electron chi connectivity index (χ4n) is 4.86. The van der Waals surface area contributed by atoms with Crippen LogP contribution in [0.3, 0.4) is 0 Å². The van der Waals surface area contributed by atoms with Gasteiger partial charge in [-0.2, -0.15) is 5.10 Å². The lowest BCUT2D eigenvalue weighted by Gasteiger charge is -2.30. The minimum atomic E-state index is -1.12. The smallest absolute Gasteiger partial charge is 0.308 e. The van der Waals surface area contributed by atoms with Gasteiger partial charge in [0.1, 0.15) is 11.8 Å². The van der Waals surface area contributed by atoms with E-state index in [1.807, 2.05) is 0 Å². The number of hydrazone groups is 1. The van der Waals surface area contributed by atoms with E-state index in [2.05, 4.69) is 5.10 Å². The van der Waals surface area contributed by atoms with Crippen molar-refractivity contribution in [1.29, 1.82) is 0 Å². The lowest BCUT2D eigenvalue weighted by atomic mass is 9.86. The molecule has 0 spiro atoms. The number of hydrogen-bond acceptors (Lipinski definition) is 9. The summed E-state index contributed by atoms with van der Waals surface area (Å²) in [6.45, 7) is 1.26. The second-order valence-corrected chi connectivity index (χ2v) is 8.29. The number of anilines is 1. The van der Waals surface area contributed by atoms with Crippen molar-refractivity contribution in [2.24, 2.45) is 16.9 Å². The van der Waals surface area contributed by atoms with Gasteiger partial charge in [0.25, 0.3) is 5.69 Å². The number of fused-ring (bicyclic) bond motifs is 3. The topological polar surface area (TPSA) is 139 Å². The molecule has 0 N–H and O–H groups in total. The van der Waals surface area contributed by atoms with Crippen LogP contribution in [0.4, 0.5) is 11.4 Å². The Bertz CT molecular complexity index is 1330. The van der Waals surface area contributed by atoms with Gasteiger partial charge in [0, 0.05) is 30.8 Å². The van der Waals surface area contributed by atoms with Crippen LogP contribution >= 0.6 is 0 Å². The molecule has 35 heavy (non-hydrogen) atoms. The Balaban J connectivity index is 1.52. The highest BCUT2D eigenvalue weighted by Gasteiger charge is 2.64. The van der Waals surface area contributed by atoms with Crippen LogP contribution in [0.25, 0.3) is 0 Å². The normalized spacial score (nSPS) is 24.4. The minimum absolute atomic E-state index is 0.0535. The lowest BCUT2D eigenvalue weighted by molar-refractivity contribution is -0.384. The highest BCUT2D eigenvalue weighted by atomic mass is 16.6. The molecule has 11 heteroatoms. The van der Waals surface area contributed by atoms with Gasteiger partial charge in [-0.3, -0.25) is 34.3 Å². The Morgan fingerprint density at radius 3 is 2.46 bits per heavy atom. The summed E-state index contributed by atoms with van der Waals surface area (Å²) in [5.41, 5.74) is 0.0757. The first-order chi connectivity index (χ1) is 16.8. The third-order valence-electron chi connectivity index (χ3n) is 6.26. The molecule has 11 nitrogen and oxygen atoms in total. The fourth-order valence-corrected chi connectivity index (χ4v) is 4.86. The zero-order valence-electron chi connectivity index (χ0n) is 18.3. The van der Waals surface area contributed by atoms with Crippen molar-refractivity contribution in [3.8, 4) is 5.75 Å². The predicted molar refractivity (Wildman–Crippen MR) is 122 cm³/mol. The summed E-state index contributed by atoms with van der Waals surface area (Å²) >= 11 is 0. The number of rotatable bonds is 5. The molecule has 2 amide bonds. The number of esters is 1. The second-order valence-electron chi connectivity index (χ2n) is 8.29. The summed E-state index contributed by atoms with van der Waals surface area (Å²) in [5, 5.41) is 16.9. The van der Waals surface area contributed by atoms with Gasteiger partial charge in [-0.05, 0) is 30.3 Å². The number of ketones is 1. The Morgan fingerprint density at radius 1 is 1.06 bits per heavy atom. The molecule has 2 aromatic rings. The van der Waals surface area contributed by atoms with Crippen molar-refractivity contribution < 1.29 is 28.8 Å². The molecule has 0 bridgehead atoms. The van der Waals surface area contributed by atoms with Gasteiger partial charge in [0.15, 0.2) is 5.78 Å². The third-order valence-corrected chi connectivity index (χ3v) is 6.26. The lowest BCUT2D eigenvalue weighted by Crippen LogP contribution is -2.46. The van der Waals surface area contributed by atoms with E-state index in [4.69, 9.17) is 4.74 Å². The van der Waals surface area contributed by atoms with Crippen LogP contribution < -0.4 is 9.64 Å². The van der Waals surface area contributed by atoms with Gasteiger partial charge >= 0.3 is 5.97 Å². The molecule has 0 aromatic heterocycles. The zero-order chi connectivity index (χ0) is 24.9. The number of ether oxygens (including phenoxy) is 1. The molecule has 3 heterocycles. The van der Waals surface area contributed by atoms with Crippen LogP contribution in [-0.4, -0.2) is 51.8 Å². The molecule has 2 fully saturated rings. The number of amides is 2. The van der Waals surface area contributed by atoms with Crippen molar-refractivity contribution >= 4 is 41.2 Å². The minimum Gasteiger partial charge on any atom is -0.427 e. The first kappa shape index (κ1) is 22.1. The first-order valence-corrected chi connectivity index (χ1v) is 10.7. The molecule has 2 aromatic carbocycles. The van der Waals surface area contributed by atoms with E-state index in [0.29, 0.717) is 0 Å². The molecule has 176 valence electrons. The van der Waals surface area contributed by atoms with Gasteiger partial charge in [-0.25, -0.2) is 4.90 Å². The van der Waals surface area contributed by atoms with Crippen molar-refractivity contribution in [3.63, 3.8) is 0 Å². The SMILES string of the molecule is CC(=O)Oc1ccc(N2C(=O)[C@@H]3[C@H](C2=O)[C@H]2C=CC=NN2[C@@H]3C(=O)c2cccc([N+](=O)[O-])c2)cc1. The molecule has 0 radical (unpaired) electrons. The number of nitro benzene ring substituents is 1.